The second-order valence-electron chi connectivity index (χ2n) is 4.15. The van der Waals surface area contributed by atoms with Gasteiger partial charge < -0.3 is 0 Å². The maximum Gasteiger partial charge on any atom is 0.331 e. The normalized spacial score (nSPS) is 10.7. The van der Waals surface area contributed by atoms with Crippen LogP contribution in [0.15, 0.2) is 41.2 Å². The van der Waals surface area contributed by atoms with E-state index in [4.69, 9.17) is 0 Å². The van der Waals surface area contributed by atoms with Gasteiger partial charge in [0, 0.05) is 13.0 Å². The molecule has 3 rings (SSSR count). The highest BCUT2D eigenvalue weighted by molar-refractivity contribution is 7.11. The standard InChI is InChI=1S/C13H10N4O2S/c1-8(18)12-16-17(13(19)20-12)11-7-10(14-15-11)9-5-3-2-4-6-9/h2-7H,1H3,(H,14,15). The molecule has 20 heavy (non-hydrogen) atoms. The fourth-order valence-electron chi connectivity index (χ4n) is 1.75. The Morgan fingerprint density at radius 3 is 2.70 bits per heavy atom. The third-order valence-corrected chi connectivity index (χ3v) is 3.63. The maximum atomic E-state index is 11.8. The summed E-state index contributed by atoms with van der Waals surface area (Å²) in [6.45, 7) is 1.38. The van der Waals surface area contributed by atoms with Crippen molar-refractivity contribution in [2.24, 2.45) is 0 Å². The maximum absolute atomic E-state index is 11.8. The minimum absolute atomic E-state index is 0.180. The number of ketones is 1. The minimum Gasteiger partial charge on any atom is -0.292 e. The van der Waals surface area contributed by atoms with Crippen LogP contribution in [0.5, 0.6) is 0 Å². The van der Waals surface area contributed by atoms with Crippen molar-refractivity contribution < 1.29 is 4.79 Å². The fourth-order valence-corrected chi connectivity index (χ4v) is 2.40. The van der Waals surface area contributed by atoms with E-state index >= 15 is 0 Å². The molecule has 7 heteroatoms. The number of carbonyl (C=O) groups excluding carboxylic acids is 1. The first-order valence-electron chi connectivity index (χ1n) is 5.87. The van der Waals surface area contributed by atoms with Crippen LogP contribution in [0.1, 0.15) is 16.7 Å². The Balaban J connectivity index is 2.03. The van der Waals surface area contributed by atoms with Gasteiger partial charge in [0.05, 0.1) is 5.69 Å². The van der Waals surface area contributed by atoms with Crippen LogP contribution >= 0.6 is 11.3 Å². The summed E-state index contributed by atoms with van der Waals surface area (Å²) < 4.78 is 1.13. The number of H-pyrrole nitrogens is 1. The molecule has 100 valence electrons. The van der Waals surface area contributed by atoms with Gasteiger partial charge in [0.2, 0.25) is 0 Å². The highest BCUT2D eigenvalue weighted by Gasteiger charge is 2.14. The van der Waals surface area contributed by atoms with Gasteiger partial charge in [-0.05, 0) is 16.9 Å². The predicted octanol–water partition coefficient (Wildman–Crippen LogP) is 1.89. The van der Waals surface area contributed by atoms with E-state index in [1.54, 1.807) is 6.07 Å². The third-order valence-electron chi connectivity index (χ3n) is 2.72. The Kier molecular flexibility index (Phi) is 3.03. The number of aromatic amines is 1. The van der Waals surface area contributed by atoms with E-state index in [2.05, 4.69) is 15.3 Å². The van der Waals surface area contributed by atoms with Crippen LogP contribution in [-0.4, -0.2) is 25.8 Å². The van der Waals surface area contributed by atoms with Crippen molar-refractivity contribution >= 4 is 17.1 Å². The fraction of sp³-hybridized carbons (Fsp3) is 0.0769. The Labute approximate surface area is 117 Å². The van der Waals surface area contributed by atoms with Crippen LogP contribution in [0.3, 0.4) is 0 Å². The van der Waals surface area contributed by atoms with Crippen LogP contribution in [-0.2, 0) is 0 Å². The number of nitrogens with one attached hydrogen (secondary N) is 1. The Hall–Kier alpha value is -2.54. The zero-order chi connectivity index (χ0) is 14.1. The Bertz CT molecular complexity index is 816. The molecule has 0 fully saturated rings. The summed E-state index contributed by atoms with van der Waals surface area (Å²) in [5.41, 5.74) is 1.74. The van der Waals surface area contributed by atoms with Crippen molar-refractivity contribution in [1.29, 1.82) is 0 Å². The highest BCUT2D eigenvalue weighted by atomic mass is 32.1. The first kappa shape index (κ1) is 12.5. The Morgan fingerprint density at radius 1 is 1.30 bits per heavy atom. The average molecular weight is 286 g/mol. The summed E-state index contributed by atoms with van der Waals surface area (Å²) >= 11 is 0.815. The molecule has 0 aliphatic rings. The average Bonchev–Trinajstić information content (AvgIpc) is 3.06. The minimum atomic E-state index is -0.332. The van der Waals surface area contributed by atoms with Crippen LogP contribution in [0, 0.1) is 0 Å². The largest absolute Gasteiger partial charge is 0.331 e. The SMILES string of the molecule is CC(=O)c1nn(-c2cc(-c3ccccc3)[nH]n2)c(=O)s1. The molecule has 0 unspecified atom stereocenters. The molecule has 0 atom stereocenters. The molecule has 2 aromatic heterocycles. The van der Waals surface area contributed by atoms with E-state index in [0.717, 1.165) is 27.3 Å². The molecule has 1 aromatic carbocycles. The van der Waals surface area contributed by atoms with E-state index in [0.29, 0.717) is 5.82 Å². The number of benzene rings is 1. The number of carbonyl (C=O) groups is 1. The Morgan fingerprint density at radius 2 is 2.05 bits per heavy atom. The van der Waals surface area contributed by atoms with E-state index in [1.165, 1.54) is 6.92 Å². The number of aromatic nitrogens is 4. The van der Waals surface area contributed by atoms with Gasteiger partial charge in [0.25, 0.3) is 0 Å². The lowest BCUT2D eigenvalue weighted by Gasteiger charge is -1.94. The molecule has 0 saturated carbocycles. The van der Waals surface area contributed by atoms with Gasteiger partial charge >= 0.3 is 4.87 Å². The molecule has 0 spiro atoms. The first-order valence-corrected chi connectivity index (χ1v) is 6.69. The molecule has 0 amide bonds. The molecular weight excluding hydrogens is 276 g/mol. The zero-order valence-electron chi connectivity index (χ0n) is 10.5. The third kappa shape index (κ3) is 2.19. The van der Waals surface area contributed by atoms with Crippen LogP contribution in [0.4, 0.5) is 0 Å². The number of rotatable bonds is 3. The second kappa shape index (κ2) is 4.86. The molecule has 0 bridgehead atoms. The smallest absolute Gasteiger partial charge is 0.292 e. The van der Waals surface area contributed by atoms with Crippen molar-refractivity contribution in [1.82, 2.24) is 20.0 Å². The zero-order valence-corrected chi connectivity index (χ0v) is 11.3. The predicted molar refractivity (Wildman–Crippen MR) is 75.3 cm³/mol. The molecule has 6 nitrogen and oxygen atoms in total. The van der Waals surface area contributed by atoms with E-state index < -0.39 is 0 Å². The molecule has 0 aliphatic carbocycles. The number of hydrogen-bond acceptors (Lipinski definition) is 5. The second-order valence-corrected chi connectivity index (χ2v) is 5.09. The summed E-state index contributed by atoms with van der Waals surface area (Å²) in [6.07, 6.45) is 0. The summed E-state index contributed by atoms with van der Waals surface area (Å²) in [5.74, 6) is 0.141. The van der Waals surface area contributed by atoms with Gasteiger partial charge in [0.15, 0.2) is 16.6 Å². The van der Waals surface area contributed by atoms with Gasteiger partial charge in [0.1, 0.15) is 0 Å². The van der Waals surface area contributed by atoms with Crippen molar-refractivity contribution in [3.63, 3.8) is 0 Å². The summed E-state index contributed by atoms with van der Waals surface area (Å²) in [5, 5.41) is 11.1. The van der Waals surface area contributed by atoms with Gasteiger partial charge in [-0.3, -0.25) is 14.7 Å². The van der Waals surface area contributed by atoms with Crippen molar-refractivity contribution in [2.45, 2.75) is 6.92 Å². The summed E-state index contributed by atoms with van der Waals surface area (Å²) in [4.78, 5) is 22.7. The molecule has 2 heterocycles. The van der Waals surface area contributed by atoms with Crippen LogP contribution in [0.25, 0.3) is 17.1 Å². The van der Waals surface area contributed by atoms with Crippen LogP contribution < -0.4 is 4.87 Å². The van der Waals surface area contributed by atoms with Crippen molar-refractivity contribution in [2.75, 3.05) is 0 Å². The molecule has 1 N–H and O–H groups in total. The lowest BCUT2D eigenvalue weighted by Crippen LogP contribution is -2.12. The number of Topliss-reactive ketones (excluding diaryl/α,β-unsaturated/α-hetero) is 1. The molecule has 0 radical (unpaired) electrons. The lowest BCUT2D eigenvalue weighted by molar-refractivity contribution is 0.101. The van der Waals surface area contributed by atoms with Gasteiger partial charge in [-0.15, -0.1) is 5.10 Å². The van der Waals surface area contributed by atoms with E-state index in [1.807, 2.05) is 30.3 Å². The van der Waals surface area contributed by atoms with Crippen molar-refractivity contribution in [3.8, 4) is 17.1 Å². The molecule has 0 saturated heterocycles. The first-order chi connectivity index (χ1) is 9.65. The molecule has 0 aliphatic heterocycles. The molecular formula is C13H10N4O2S. The highest BCUT2D eigenvalue weighted by Crippen LogP contribution is 2.18. The van der Waals surface area contributed by atoms with Crippen LogP contribution in [0.2, 0.25) is 0 Å². The molecule has 3 aromatic rings. The quantitative estimate of drug-likeness (QED) is 0.745. The van der Waals surface area contributed by atoms with Gasteiger partial charge in [-0.1, -0.05) is 30.3 Å². The van der Waals surface area contributed by atoms with Gasteiger partial charge in [-0.25, -0.2) is 0 Å². The lowest BCUT2D eigenvalue weighted by atomic mass is 10.2. The van der Waals surface area contributed by atoms with E-state index in [-0.39, 0.29) is 15.7 Å². The van der Waals surface area contributed by atoms with Crippen molar-refractivity contribution in [3.05, 3.63) is 51.1 Å². The van der Waals surface area contributed by atoms with E-state index in [9.17, 15) is 9.59 Å². The number of hydrogen-bond donors (Lipinski definition) is 1. The summed E-state index contributed by atoms with van der Waals surface area (Å²) in [6, 6.07) is 11.3. The summed E-state index contributed by atoms with van der Waals surface area (Å²) in [7, 11) is 0. The number of nitrogens with zero attached hydrogens (tertiary/aromatic N) is 3. The monoisotopic (exact) mass is 286 g/mol. The topological polar surface area (TPSA) is 80.6 Å². The van der Waals surface area contributed by atoms with Gasteiger partial charge in [-0.2, -0.15) is 9.78 Å².